The number of ether oxygens (including phenoxy) is 1. The molecule has 1 aromatic rings. The second-order valence-electron chi connectivity index (χ2n) is 5.91. The molecule has 7 heteroatoms. The average Bonchev–Trinajstić information content (AvgIpc) is 3.38. The Balaban J connectivity index is 2.13. The third-order valence-corrected chi connectivity index (χ3v) is 5.68. The van der Waals surface area contributed by atoms with Gasteiger partial charge in [-0.2, -0.15) is 0 Å². The van der Waals surface area contributed by atoms with E-state index in [2.05, 4.69) is 4.72 Å². The number of benzene rings is 1. The van der Waals surface area contributed by atoms with E-state index < -0.39 is 10.0 Å². The van der Waals surface area contributed by atoms with Gasteiger partial charge in [0.25, 0.3) is 5.91 Å². The number of rotatable bonds is 8. The Morgan fingerprint density at radius 1 is 1.43 bits per heavy atom. The van der Waals surface area contributed by atoms with Crippen LogP contribution in [0, 0.1) is 5.92 Å². The molecule has 0 aliphatic heterocycles. The van der Waals surface area contributed by atoms with Gasteiger partial charge in [0.05, 0.1) is 11.5 Å². The largest absolute Gasteiger partial charge is 0.383 e. The molecule has 1 N–H and O–H groups in total. The van der Waals surface area contributed by atoms with Gasteiger partial charge in [-0.15, -0.1) is 0 Å². The summed E-state index contributed by atoms with van der Waals surface area (Å²) in [5.74, 6) is 0.407. The number of carbonyl (C=O) groups excluding carboxylic acids is 1. The van der Waals surface area contributed by atoms with Crippen LogP contribution in [0.3, 0.4) is 0 Å². The molecule has 1 amide bonds. The van der Waals surface area contributed by atoms with Gasteiger partial charge in [0, 0.05) is 32.3 Å². The fourth-order valence-electron chi connectivity index (χ4n) is 2.44. The molecular weight excluding hydrogens is 316 g/mol. The number of nitrogens with zero attached hydrogens (tertiary/aromatic N) is 1. The highest BCUT2D eigenvalue weighted by atomic mass is 32.2. The minimum atomic E-state index is -3.64. The molecule has 0 aromatic heterocycles. The lowest BCUT2D eigenvalue weighted by atomic mass is 10.1. The van der Waals surface area contributed by atoms with E-state index in [0.717, 1.165) is 12.8 Å². The summed E-state index contributed by atoms with van der Waals surface area (Å²) >= 11 is 0. The molecular formula is C16H24N2O4S. The van der Waals surface area contributed by atoms with E-state index in [4.69, 9.17) is 4.74 Å². The Hall–Kier alpha value is -1.44. The summed E-state index contributed by atoms with van der Waals surface area (Å²) < 4.78 is 31.7. The fourth-order valence-corrected chi connectivity index (χ4v) is 3.50. The van der Waals surface area contributed by atoms with Crippen molar-refractivity contribution in [3.8, 4) is 0 Å². The SMILES string of the molecule is COCCNS(=O)(=O)c1cccc(C(=O)N(C)C(C)C2CC2)c1. The quantitative estimate of drug-likeness (QED) is 0.727. The molecule has 1 aliphatic rings. The first-order chi connectivity index (χ1) is 10.9. The average molecular weight is 340 g/mol. The van der Waals surface area contributed by atoms with Crippen LogP contribution in [-0.2, 0) is 14.8 Å². The van der Waals surface area contributed by atoms with E-state index in [1.54, 1.807) is 24.1 Å². The van der Waals surface area contributed by atoms with E-state index >= 15 is 0 Å². The van der Waals surface area contributed by atoms with Crippen LogP contribution < -0.4 is 4.72 Å². The molecule has 1 aromatic carbocycles. The number of carbonyl (C=O) groups is 1. The van der Waals surface area contributed by atoms with Crippen LogP contribution in [0.25, 0.3) is 0 Å². The zero-order valence-electron chi connectivity index (χ0n) is 13.8. The number of hydrogen-bond acceptors (Lipinski definition) is 4. The third kappa shape index (κ3) is 4.53. The molecule has 6 nitrogen and oxygen atoms in total. The number of methoxy groups -OCH3 is 1. The molecule has 0 spiro atoms. The van der Waals surface area contributed by atoms with Crippen LogP contribution in [0.5, 0.6) is 0 Å². The predicted molar refractivity (Wildman–Crippen MR) is 87.8 cm³/mol. The second kappa shape index (κ2) is 7.42. The molecule has 2 rings (SSSR count). The summed E-state index contributed by atoms with van der Waals surface area (Å²) in [5.41, 5.74) is 0.384. The van der Waals surface area contributed by atoms with Crippen molar-refractivity contribution >= 4 is 15.9 Å². The van der Waals surface area contributed by atoms with E-state index in [-0.39, 0.29) is 23.4 Å². The maximum Gasteiger partial charge on any atom is 0.253 e. The van der Waals surface area contributed by atoms with E-state index in [0.29, 0.717) is 18.1 Å². The third-order valence-electron chi connectivity index (χ3n) is 4.23. The standard InChI is InChI=1S/C16H24N2O4S/c1-12(13-7-8-13)18(2)16(19)14-5-4-6-15(11-14)23(20,21)17-9-10-22-3/h4-6,11-13,17H,7-10H2,1-3H3. The van der Waals surface area contributed by atoms with Crippen molar-refractivity contribution < 1.29 is 17.9 Å². The van der Waals surface area contributed by atoms with Gasteiger partial charge in [-0.1, -0.05) is 6.07 Å². The lowest BCUT2D eigenvalue weighted by Crippen LogP contribution is -2.36. The molecule has 128 valence electrons. The normalized spacial score (nSPS) is 16.1. The van der Waals surface area contributed by atoms with Crippen LogP contribution in [0.15, 0.2) is 29.2 Å². The van der Waals surface area contributed by atoms with Crippen molar-refractivity contribution in [1.29, 1.82) is 0 Å². The molecule has 23 heavy (non-hydrogen) atoms. The second-order valence-corrected chi connectivity index (χ2v) is 7.68. The first-order valence-electron chi connectivity index (χ1n) is 7.72. The highest BCUT2D eigenvalue weighted by Gasteiger charge is 2.32. The smallest absolute Gasteiger partial charge is 0.253 e. The van der Waals surface area contributed by atoms with Gasteiger partial charge < -0.3 is 9.64 Å². The van der Waals surface area contributed by atoms with Crippen molar-refractivity contribution in [2.45, 2.75) is 30.7 Å². The topological polar surface area (TPSA) is 75.7 Å². The van der Waals surface area contributed by atoms with Crippen LogP contribution in [-0.4, -0.2) is 52.6 Å². The zero-order chi connectivity index (χ0) is 17.0. The first kappa shape index (κ1) is 17.9. The molecule has 1 aliphatic carbocycles. The summed E-state index contributed by atoms with van der Waals surface area (Å²) in [6, 6.07) is 6.31. The molecule has 0 heterocycles. The summed E-state index contributed by atoms with van der Waals surface area (Å²) in [7, 11) is -0.368. The maximum atomic E-state index is 12.5. The molecule has 1 fully saturated rings. The lowest BCUT2D eigenvalue weighted by molar-refractivity contribution is 0.0727. The van der Waals surface area contributed by atoms with Crippen molar-refractivity contribution in [2.75, 3.05) is 27.3 Å². The first-order valence-corrected chi connectivity index (χ1v) is 9.21. The van der Waals surface area contributed by atoms with E-state index in [1.165, 1.54) is 19.2 Å². The van der Waals surface area contributed by atoms with Crippen molar-refractivity contribution in [2.24, 2.45) is 5.92 Å². The Labute approximate surface area is 137 Å². The monoisotopic (exact) mass is 340 g/mol. The number of nitrogens with one attached hydrogen (secondary N) is 1. The van der Waals surface area contributed by atoms with Crippen molar-refractivity contribution in [3.63, 3.8) is 0 Å². The molecule has 1 saturated carbocycles. The number of sulfonamides is 1. The van der Waals surface area contributed by atoms with Crippen LogP contribution >= 0.6 is 0 Å². The summed E-state index contributed by atoms with van der Waals surface area (Å²) in [4.78, 5) is 14.3. The summed E-state index contributed by atoms with van der Waals surface area (Å²) in [6.07, 6.45) is 2.30. The molecule has 0 saturated heterocycles. The molecule has 0 bridgehead atoms. The van der Waals surface area contributed by atoms with Gasteiger partial charge in [-0.25, -0.2) is 13.1 Å². The minimum Gasteiger partial charge on any atom is -0.383 e. The van der Waals surface area contributed by atoms with Crippen molar-refractivity contribution in [3.05, 3.63) is 29.8 Å². The predicted octanol–water partition coefficient (Wildman–Crippen LogP) is 1.48. The van der Waals surface area contributed by atoms with Crippen molar-refractivity contribution in [1.82, 2.24) is 9.62 Å². The Kier molecular flexibility index (Phi) is 5.78. The Bertz CT molecular complexity index is 656. The van der Waals surface area contributed by atoms with Gasteiger partial charge in [-0.05, 0) is 43.9 Å². The van der Waals surface area contributed by atoms with Crippen LogP contribution in [0.1, 0.15) is 30.1 Å². The Morgan fingerprint density at radius 2 is 2.13 bits per heavy atom. The van der Waals surface area contributed by atoms with Gasteiger partial charge >= 0.3 is 0 Å². The highest BCUT2D eigenvalue weighted by Crippen LogP contribution is 2.35. The minimum absolute atomic E-state index is 0.0897. The molecule has 1 atom stereocenters. The summed E-state index contributed by atoms with van der Waals surface area (Å²) in [6.45, 7) is 2.51. The van der Waals surface area contributed by atoms with Gasteiger partial charge in [-0.3, -0.25) is 4.79 Å². The van der Waals surface area contributed by atoms with E-state index in [9.17, 15) is 13.2 Å². The van der Waals surface area contributed by atoms with Crippen LogP contribution in [0.2, 0.25) is 0 Å². The summed E-state index contributed by atoms with van der Waals surface area (Å²) in [5, 5.41) is 0. The highest BCUT2D eigenvalue weighted by molar-refractivity contribution is 7.89. The van der Waals surface area contributed by atoms with Gasteiger partial charge in [0.1, 0.15) is 0 Å². The maximum absolute atomic E-state index is 12.5. The van der Waals surface area contributed by atoms with Crippen LogP contribution in [0.4, 0.5) is 0 Å². The molecule has 0 radical (unpaired) electrons. The number of hydrogen-bond donors (Lipinski definition) is 1. The lowest BCUT2D eigenvalue weighted by Gasteiger charge is -2.25. The Morgan fingerprint density at radius 3 is 2.74 bits per heavy atom. The van der Waals surface area contributed by atoms with Gasteiger partial charge in [0.2, 0.25) is 10.0 Å². The fraction of sp³-hybridized carbons (Fsp3) is 0.562. The van der Waals surface area contributed by atoms with Gasteiger partial charge in [0.15, 0.2) is 0 Å². The number of amides is 1. The molecule has 1 unspecified atom stereocenters. The van der Waals surface area contributed by atoms with E-state index in [1.807, 2.05) is 6.92 Å². The zero-order valence-corrected chi connectivity index (χ0v) is 14.6.